The average molecular weight is 464 g/mol. The molecule has 3 heterocycles. The molecule has 2 saturated heterocycles. The highest BCUT2D eigenvalue weighted by Crippen LogP contribution is 2.48. The second-order valence-corrected chi connectivity index (χ2v) is 10.8. The summed E-state index contributed by atoms with van der Waals surface area (Å²) < 4.78 is 1.49. The maximum atomic E-state index is 12.7. The van der Waals surface area contributed by atoms with E-state index in [0.29, 0.717) is 42.4 Å². The molecular weight excluding hydrogens is 430 g/mol. The molecule has 0 bridgehead atoms. The van der Waals surface area contributed by atoms with Crippen molar-refractivity contribution in [2.45, 2.75) is 44.3 Å². The summed E-state index contributed by atoms with van der Waals surface area (Å²) in [5, 5.41) is 2.79. The highest BCUT2D eigenvalue weighted by molar-refractivity contribution is 5.88. The fraction of sp³-hybridized carbons (Fsp3) is 0.560. The van der Waals surface area contributed by atoms with Gasteiger partial charge in [0.25, 0.3) is 0 Å². The molecule has 4 aliphatic rings. The Balaban J connectivity index is 1.05. The van der Waals surface area contributed by atoms with Crippen molar-refractivity contribution in [1.82, 2.24) is 19.4 Å². The number of hydrogen-bond acceptors (Lipinski definition) is 6. The molecule has 6 rings (SSSR count). The smallest absolute Gasteiger partial charge is 0.328 e. The van der Waals surface area contributed by atoms with Crippen LogP contribution >= 0.6 is 0 Å². The number of urea groups is 1. The number of benzene rings is 1. The number of rotatable bonds is 4. The molecule has 9 heteroatoms. The summed E-state index contributed by atoms with van der Waals surface area (Å²) in [5.41, 5.74) is 13.9. The standard InChI is InChI=1S/C25H33N7O2/c26-17-11-25(12-17)6-9-31(10-7-25)23(33)28-21-5-8-32(24(34)29-21)18-3-1-16(2-4-18)13-30-14-19-20(15-30)22(19)27/h1-5,8,17,19-20,22H,6-7,9-15,26-27H2,(H,28,29,33,34)/t19-,20+,22?. The van der Waals surface area contributed by atoms with Gasteiger partial charge in [0.2, 0.25) is 0 Å². The minimum Gasteiger partial charge on any atom is -0.328 e. The summed E-state index contributed by atoms with van der Waals surface area (Å²) in [6.45, 7) is 4.50. The number of carbonyl (C=O) groups is 1. The lowest BCUT2D eigenvalue weighted by molar-refractivity contribution is 0.0317. The van der Waals surface area contributed by atoms with Gasteiger partial charge in [0.05, 0.1) is 5.69 Å². The predicted octanol–water partition coefficient (Wildman–Crippen LogP) is 1.36. The number of fused-ring (bicyclic) bond motifs is 1. The Hall–Kier alpha value is -2.75. The maximum absolute atomic E-state index is 12.7. The summed E-state index contributed by atoms with van der Waals surface area (Å²) in [7, 11) is 0. The van der Waals surface area contributed by atoms with Gasteiger partial charge in [-0.15, -0.1) is 0 Å². The summed E-state index contributed by atoms with van der Waals surface area (Å²) in [6, 6.07) is 10.2. The van der Waals surface area contributed by atoms with Crippen LogP contribution in [-0.4, -0.2) is 63.6 Å². The number of amides is 2. The Morgan fingerprint density at radius 1 is 1.06 bits per heavy atom. The third kappa shape index (κ3) is 4.01. The molecule has 9 nitrogen and oxygen atoms in total. The van der Waals surface area contributed by atoms with Crippen LogP contribution in [-0.2, 0) is 6.54 Å². The first-order chi connectivity index (χ1) is 16.4. The quantitative estimate of drug-likeness (QED) is 0.629. The highest BCUT2D eigenvalue weighted by Gasteiger charge is 2.53. The van der Waals surface area contributed by atoms with Crippen molar-refractivity contribution in [3.8, 4) is 5.69 Å². The molecule has 34 heavy (non-hydrogen) atoms. The molecule has 1 spiro atoms. The van der Waals surface area contributed by atoms with Gasteiger partial charge in [-0.3, -0.25) is 14.8 Å². The van der Waals surface area contributed by atoms with Gasteiger partial charge < -0.3 is 16.4 Å². The van der Waals surface area contributed by atoms with Gasteiger partial charge in [0.15, 0.2) is 0 Å². The minimum absolute atomic E-state index is 0.201. The van der Waals surface area contributed by atoms with Crippen LogP contribution < -0.4 is 22.5 Å². The zero-order valence-electron chi connectivity index (χ0n) is 19.4. The van der Waals surface area contributed by atoms with Crippen LogP contribution in [0.4, 0.5) is 10.6 Å². The molecular formula is C25H33N7O2. The fourth-order valence-corrected chi connectivity index (χ4v) is 6.31. The second-order valence-electron chi connectivity index (χ2n) is 10.8. The summed E-state index contributed by atoms with van der Waals surface area (Å²) >= 11 is 0. The van der Waals surface area contributed by atoms with Crippen molar-refractivity contribution in [2.75, 3.05) is 31.5 Å². The largest absolute Gasteiger partial charge is 0.354 e. The van der Waals surface area contributed by atoms with Crippen molar-refractivity contribution in [3.63, 3.8) is 0 Å². The zero-order chi connectivity index (χ0) is 23.4. The number of nitrogens with one attached hydrogen (secondary N) is 1. The van der Waals surface area contributed by atoms with E-state index >= 15 is 0 Å². The van der Waals surface area contributed by atoms with Crippen molar-refractivity contribution < 1.29 is 4.79 Å². The van der Waals surface area contributed by atoms with Gasteiger partial charge in [-0.25, -0.2) is 9.59 Å². The van der Waals surface area contributed by atoms with Crippen LogP contribution in [0.5, 0.6) is 0 Å². The molecule has 180 valence electrons. The summed E-state index contributed by atoms with van der Waals surface area (Å²) in [5.74, 6) is 1.63. The summed E-state index contributed by atoms with van der Waals surface area (Å²) in [6.07, 6.45) is 5.78. The Bertz CT molecular complexity index is 1120. The Labute approximate surface area is 199 Å². The van der Waals surface area contributed by atoms with E-state index in [1.54, 1.807) is 17.2 Å². The van der Waals surface area contributed by atoms with Crippen LogP contribution in [0, 0.1) is 17.3 Å². The predicted molar refractivity (Wildman–Crippen MR) is 130 cm³/mol. The van der Waals surface area contributed by atoms with Gasteiger partial charge in [-0.2, -0.15) is 4.98 Å². The van der Waals surface area contributed by atoms with Crippen LogP contribution in [0.15, 0.2) is 41.3 Å². The van der Waals surface area contributed by atoms with Crippen molar-refractivity contribution in [2.24, 2.45) is 28.7 Å². The first-order valence-corrected chi connectivity index (χ1v) is 12.4. The highest BCUT2D eigenvalue weighted by atomic mass is 16.2. The number of anilines is 1. The van der Waals surface area contributed by atoms with Gasteiger partial charge in [-0.05, 0) is 66.7 Å². The number of piperidine rings is 2. The minimum atomic E-state index is -0.416. The van der Waals surface area contributed by atoms with Gasteiger partial charge >= 0.3 is 11.7 Å². The molecule has 2 aliphatic carbocycles. The normalized spacial score (nSPS) is 27.9. The van der Waals surface area contributed by atoms with Gasteiger partial charge in [-0.1, -0.05) is 12.1 Å². The zero-order valence-corrected chi connectivity index (χ0v) is 19.4. The average Bonchev–Trinajstić information content (AvgIpc) is 3.19. The van der Waals surface area contributed by atoms with E-state index < -0.39 is 5.69 Å². The Kier molecular flexibility index (Phi) is 5.24. The summed E-state index contributed by atoms with van der Waals surface area (Å²) in [4.78, 5) is 33.7. The molecule has 0 radical (unpaired) electrons. The van der Waals surface area contributed by atoms with Crippen molar-refractivity contribution in [1.29, 1.82) is 0 Å². The third-order valence-corrected chi connectivity index (χ3v) is 8.50. The number of likely N-dealkylation sites (tertiary alicyclic amines) is 2. The number of nitrogens with zero attached hydrogens (tertiary/aromatic N) is 4. The molecule has 2 aliphatic heterocycles. The molecule has 5 N–H and O–H groups in total. The molecule has 1 aromatic heterocycles. The van der Waals surface area contributed by atoms with E-state index in [4.69, 9.17) is 11.5 Å². The lowest BCUT2D eigenvalue weighted by atomic mass is 9.61. The molecule has 3 atom stereocenters. The van der Waals surface area contributed by atoms with Crippen LogP contribution in [0.3, 0.4) is 0 Å². The van der Waals surface area contributed by atoms with Gasteiger partial charge in [0.1, 0.15) is 5.82 Å². The number of nitrogens with two attached hydrogens (primary N) is 2. The van der Waals surface area contributed by atoms with Crippen LogP contribution in [0.25, 0.3) is 5.69 Å². The number of aromatic nitrogens is 2. The fourth-order valence-electron chi connectivity index (χ4n) is 6.31. The molecule has 2 amide bonds. The molecule has 2 aromatic rings. The first-order valence-electron chi connectivity index (χ1n) is 12.4. The topological polar surface area (TPSA) is 123 Å². The maximum Gasteiger partial charge on any atom is 0.354 e. The molecule has 2 saturated carbocycles. The Morgan fingerprint density at radius 2 is 1.74 bits per heavy atom. The Morgan fingerprint density at radius 3 is 2.35 bits per heavy atom. The van der Waals surface area contributed by atoms with E-state index in [1.165, 1.54) is 10.1 Å². The first kappa shape index (κ1) is 21.8. The van der Waals surface area contributed by atoms with Crippen LogP contribution in [0.1, 0.15) is 31.2 Å². The lowest BCUT2D eigenvalue weighted by Crippen LogP contribution is -2.53. The number of carbonyl (C=O) groups excluding carboxylic acids is 1. The SMILES string of the molecule is NC1CC2(CCN(C(=O)Nc3ccn(-c4ccc(CN5C[C@@H]6C(N)[C@@H]6C5)cc4)c(=O)n3)CC2)C1. The molecule has 4 fully saturated rings. The number of hydrogen-bond donors (Lipinski definition) is 3. The third-order valence-electron chi connectivity index (χ3n) is 8.50. The lowest BCUT2D eigenvalue weighted by Gasteiger charge is -2.51. The van der Waals surface area contributed by atoms with E-state index in [9.17, 15) is 9.59 Å². The van der Waals surface area contributed by atoms with Crippen LogP contribution in [0.2, 0.25) is 0 Å². The second kappa shape index (κ2) is 8.18. The van der Waals surface area contributed by atoms with Gasteiger partial charge in [0, 0.05) is 51.0 Å². The van der Waals surface area contributed by atoms with E-state index in [-0.39, 0.29) is 11.8 Å². The monoisotopic (exact) mass is 463 g/mol. The molecule has 1 unspecified atom stereocenters. The van der Waals surface area contributed by atoms with Crippen molar-refractivity contribution >= 4 is 11.8 Å². The van der Waals surface area contributed by atoms with E-state index in [1.807, 2.05) is 12.1 Å². The van der Waals surface area contributed by atoms with E-state index in [2.05, 4.69) is 27.3 Å². The van der Waals surface area contributed by atoms with E-state index in [0.717, 1.165) is 51.0 Å². The van der Waals surface area contributed by atoms with Crippen molar-refractivity contribution in [3.05, 3.63) is 52.6 Å². The molecule has 1 aromatic carbocycles.